The van der Waals surface area contributed by atoms with Crippen molar-refractivity contribution in [3.05, 3.63) is 64.8 Å². The summed E-state index contributed by atoms with van der Waals surface area (Å²) in [5.41, 5.74) is 5.59. The number of carbonyl (C=O) groups excluding carboxylic acids is 5. The van der Waals surface area contributed by atoms with Gasteiger partial charge in [0.2, 0.25) is 17.7 Å². The highest BCUT2D eigenvalue weighted by molar-refractivity contribution is 6.23. The minimum Gasteiger partial charge on any atom is -0.372 e. The monoisotopic (exact) mass is 809 g/mol. The number of rotatable bonds is 6. The first-order valence-electron chi connectivity index (χ1n) is 20.5. The first-order chi connectivity index (χ1) is 28.2. The van der Waals surface area contributed by atoms with Crippen LogP contribution in [0.4, 0.5) is 20.2 Å². The zero-order valence-electron chi connectivity index (χ0n) is 33.7. The number of imide groups is 2. The molecule has 2 aromatic carbocycles. The molecule has 6 aliphatic rings. The average Bonchev–Trinajstić information content (AvgIpc) is 3.92. The number of piperazine rings is 1. The third-order valence-electron chi connectivity index (χ3n) is 13.7. The highest BCUT2D eigenvalue weighted by Crippen LogP contribution is 2.70. The van der Waals surface area contributed by atoms with Crippen molar-refractivity contribution in [2.75, 3.05) is 63.2 Å². The van der Waals surface area contributed by atoms with E-state index in [1.165, 1.54) is 0 Å². The third kappa shape index (κ3) is 6.51. The predicted molar refractivity (Wildman–Crippen MR) is 216 cm³/mol. The number of fused-ring (bicyclic) bond motifs is 4. The van der Waals surface area contributed by atoms with Crippen LogP contribution in [0.25, 0.3) is 22.3 Å². The fourth-order valence-corrected chi connectivity index (χ4v) is 9.69. The Kier molecular flexibility index (Phi) is 9.50. The Labute approximate surface area is 340 Å². The van der Waals surface area contributed by atoms with E-state index in [1.54, 1.807) is 24.0 Å². The van der Waals surface area contributed by atoms with Crippen molar-refractivity contribution in [2.45, 2.75) is 70.4 Å². The number of halogens is 2. The van der Waals surface area contributed by atoms with Crippen molar-refractivity contribution < 1.29 is 32.8 Å². The van der Waals surface area contributed by atoms with E-state index in [1.807, 2.05) is 44.3 Å². The van der Waals surface area contributed by atoms with E-state index in [2.05, 4.69) is 42.2 Å². The topological polar surface area (TPSA) is 158 Å². The zero-order chi connectivity index (χ0) is 41.5. The molecule has 4 fully saturated rings. The normalized spacial score (nSPS) is 25.6. The molecule has 6 heterocycles. The highest BCUT2D eigenvalue weighted by atomic mass is 19.3. The fraction of sp³-hybridized carbons (Fsp3) is 0.488. The summed E-state index contributed by atoms with van der Waals surface area (Å²) in [6.45, 7) is 9.24. The molecule has 14 nitrogen and oxygen atoms in total. The van der Waals surface area contributed by atoms with Gasteiger partial charge in [-0.1, -0.05) is 13.0 Å². The molecule has 3 N–H and O–H groups in total. The number of nitrogens with one attached hydrogen (secondary N) is 3. The van der Waals surface area contributed by atoms with Crippen molar-refractivity contribution in [3.8, 4) is 11.4 Å². The van der Waals surface area contributed by atoms with Gasteiger partial charge in [0.15, 0.2) is 0 Å². The number of alkyl halides is 2. The molecule has 0 bridgehead atoms. The second kappa shape index (κ2) is 14.4. The van der Waals surface area contributed by atoms with Gasteiger partial charge in [0.25, 0.3) is 17.7 Å². The maximum atomic E-state index is 14.3. The number of aromatic amines is 2. The van der Waals surface area contributed by atoms with Crippen LogP contribution in [0, 0.1) is 11.3 Å². The SMILES string of the molecule is CC(C(=O)N(C)c1ccc2cc(-c3n[nH]c4c3CC3C(F)(F)C3(C)C4)[nH]c2c1)N1CCN(C)CC1.O=C1CCC(N2C(=O)c3ccc(N4CCCC4)cc3C2=O)C(=O)N1. The van der Waals surface area contributed by atoms with E-state index in [0.29, 0.717) is 24.0 Å². The summed E-state index contributed by atoms with van der Waals surface area (Å²) in [5, 5.41) is 10.7. The van der Waals surface area contributed by atoms with Gasteiger partial charge in [-0.15, -0.1) is 0 Å². The Hall–Kier alpha value is -5.48. The summed E-state index contributed by atoms with van der Waals surface area (Å²) in [6.07, 6.45) is 3.21. The highest BCUT2D eigenvalue weighted by Gasteiger charge is 2.78. The number of nitrogens with zero attached hydrogens (tertiary/aromatic N) is 6. The van der Waals surface area contributed by atoms with E-state index >= 15 is 0 Å². The van der Waals surface area contributed by atoms with Gasteiger partial charge in [0, 0.05) is 104 Å². The minimum atomic E-state index is -2.61. The first kappa shape index (κ1) is 39.0. The molecule has 2 aromatic heterocycles. The molecule has 4 unspecified atom stereocenters. The van der Waals surface area contributed by atoms with Crippen molar-refractivity contribution in [1.82, 2.24) is 35.2 Å². The average molecular weight is 810 g/mol. The summed E-state index contributed by atoms with van der Waals surface area (Å²) >= 11 is 0. The quantitative estimate of drug-likeness (QED) is 0.243. The van der Waals surface area contributed by atoms with Crippen LogP contribution in [0.2, 0.25) is 0 Å². The number of benzene rings is 2. The number of piperidine rings is 1. The molecule has 310 valence electrons. The van der Waals surface area contributed by atoms with Crippen LogP contribution < -0.4 is 15.1 Å². The van der Waals surface area contributed by atoms with Crippen molar-refractivity contribution in [3.63, 3.8) is 0 Å². The summed E-state index contributed by atoms with van der Waals surface area (Å²) in [5.74, 6) is -5.03. The van der Waals surface area contributed by atoms with Crippen LogP contribution in [0.15, 0.2) is 42.5 Å². The number of hydrogen-bond acceptors (Lipinski definition) is 9. The van der Waals surface area contributed by atoms with Crippen molar-refractivity contribution >= 4 is 51.8 Å². The molecule has 4 atom stereocenters. The van der Waals surface area contributed by atoms with Crippen LogP contribution >= 0.6 is 0 Å². The van der Waals surface area contributed by atoms with Gasteiger partial charge < -0.3 is 19.7 Å². The lowest BCUT2D eigenvalue weighted by Gasteiger charge is -2.37. The molecule has 10 rings (SSSR count). The van der Waals surface area contributed by atoms with Crippen LogP contribution in [0.1, 0.15) is 71.5 Å². The number of anilines is 2. The molecule has 4 aromatic rings. The zero-order valence-corrected chi connectivity index (χ0v) is 33.7. The number of carbonyl (C=O) groups is 5. The van der Waals surface area contributed by atoms with Crippen LogP contribution in [0.3, 0.4) is 0 Å². The van der Waals surface area contributed by atoms with Gasteiger partial charge in [-0.3, -0.25) is 44.2 Å². The predicted octanol–water partition coefficient (Wildman–Crippen LogP) is 4.21. The Morgan fingerprint density at radius 1 is 0.949 bits per heavy atom. The molecular formula is C43H49F2N9O5. The van der Waals surface area contributed by atoms with Gasteiger partial charge in [-0.05, 0) is 76.1 Å². The molecule has 2 aliphatic carbocycles. The molecule has 4 aliphatic heterocycles. The minimum absolute atomic E-state index is 0.0652. The standard InChI is InChI=1S/C26H32F2N6O.C17H17N3O4/c1-15(34-9-7-32(3)8-10-34)24(35)33(4)17-6-5-16-11-20(29-19(16)12-17)23-18-13-22-25(2,26(22,27)28)14-21(18)30-31-23;21-14-6-5-13(15(22)18-14)20-16(23)11-4-3-10(9-12(11)17(20)24)19-7-1-2-8-19/h5-6,11-12,15,22,29H,7-10,13-14H2,1-4H3,(H,30,31);3-4,9,13H,1-2,5-8H2,(H,18,21,22). The Bertz CT molecular complexity index is 2400. The third-order valence-corrected chi connectivity index (χ3v) is 13.7. The number of hydrogen-bond donors (Lipinski definition) is 3. The van der Waals surface area contributed by atoms with Gasteiger partial charge in [0.1, 0.15) is 11.7 Å². The van der Waals surface area contributed by atoms with Crippen LogP contribution in [-0.2, 0) is 27.2 Å². The summed E-state index contributed by atoms with van der Waals surface area (Å²) in [6, 6.07) is 12.1. The van der Waals surface area contributed by atoms with Gasteiger partial charge in [-0.25, -0.2) is 8.78 Å². The van der Waals surface area contributed by atoms with E-state index in [-0.39, 0.29) is 30.7 Å². The molecule has 0 spiro atoms. The van der Waals surface area contributed by atoms with Crippen LogP contribution in [0.5, 0.6) is 0 Å². The maximum absolute atomic E-state index is 14.3. The maximum Gasteiger partial charge on any atom is 0.262 e. The van der Waals surface area contributed by atoms with Gasteiger partial charge >= 0.3 is 0 Å². The first-order valence-corrected chi connectivity index (χ1v) is 20.5. The summed E-state index contributed by atoms with van der Waals surface area (Å²) in [7, 11) is 3.92. The molecule has 59 heavy (non-hydrogen) atoms. The van der Waals surface area contributed by atoms with Crippen molar-refractivity contribution in [2.24, 2.45) is 11.3 Å². The Morgan fingerprint density at radius 2 is 1.68 bits per heavy atom. The second-order valence-electron chi connectivity index (χ2n) is 17.2. The lowest BCUT2D eigenvalue weighted by molar-refractivity contribution is -0.136. The number of aromatic nitrogens is 3. The smallest absolute Gasteiger partial charge is 0.262 e. The molecule has 5 amide bonds. The number of amides is 5. The number of H-pyrrole nitrogens is 2. The van der Waals surface area contributed by atoms with Crippen molar-refractivity contribution in [1.29, 1.82) is 0 Å². The molecular weight excluding hydrogens is 761 g/mol. The Balaban J connectivity index is 0.000000163. The summed E-state index contributed by atoms with van der Waals surface area (Å²) in [4.78, 5) is 74.7. The molecule has 16 heteroatoms. The lowest BCUT2D eigenvalue weighted by atomic mass is 9.87. The lowest BCUT2D eigenvalue weighted by Crippen LogP contribution is -2.54. The number of likely N-dealkylation sites (N-methyl/N-ethyl adjacent to an activating group) is 2. The fourth-order valence-electron chi connectivity index (χ4n) is 9.69. The summed E-state index contributed by atoms with van der Waals surface area (Å²) < 4.78 is 28.7. The molecule has 3 saturated heterocycles. The van der Waals surface area contributed by atoms with E-state index < -0.39 is 41.0 Å². The molecule has 0 radical (unpaired) electrons. The van der Waals surface area contributed by atoms with E-state index in [4.69, 9.17) is 0 Å². The van der Waals surface area contributed by atoms with Gasteiger partial charge in [0.05, 0.1) is 22.9 Å². The van der Waals surface area contributed by atoms with Crippen LogP contribution in [-0.4, -0.2) is 131 Å². The largest absolute Gasteiger partial charge is 0.372 e. The van der Waals surface area contributed by atoms with E-state index in [9.17, 15) is 32.8 Å². The van der Waals surface area contributed by atoms with Gasteiger partial charge in [-0.2, -0.15) is 5.10 Å². The van der Waals surface area contributed by atoms with E-state index in [0.717, 1.165) is 102 Å². The second-order valence-corrected chi connectivity index (χ2v) is 17.2. The molecule has 1 saturated carbocycles. The Morgan fingerprint density at radius 3 is 2.41 bits per heavy atom.